The van der Waals surface area contributed by atoms with Gasteiger partial charge in [-0.1, -0.05) is 69.6 Å². The Labute approximate surface area is 274 Å². The molecule has 0 bridgehead atoms. The summed E-state index contributed by atoms with van der Waals surface area (Å²) in [5, 5.41) is 11.9. The summed E-state index contributed by atoms with van der Waals surface area (Å²) in [5.41, 5.74) is 3.80. The van der Waals surface area contributed by atoms with Gasteiger partial charge in [-0.15, -0.1) is 0 Å². The summed E-state index contributed by atoms with van der Waals surface area (Å²) in [7, 11) is 6.16. The van der Waals surface area contributed by atoms with E-state index in [9.17, 15) is 18.6 Å². The summed E-state index contributed by atoms with van der Waals surface area (Å²) < 4.78 is 25.2. The molecular formula is C34H45FN4O5P2. The van der Waals surface area contributed by atoms with Crippen molar-refractivity contribution >= 4 is 34.3 Å². The molecule has 3 aromatic rings. The van der Waals surface area contributed by atoms with E-state index in [-0.39, 0.29) is 18.7 Å². The molecule has 46 heavy (non-hydrogen) atoms. The summed E-state index contributed by atoms with van der Waals surface area (Å²) in [4.78, 5) is 38.4. The highest BCUT2D eigenvalue weighted by Crippen LogP contribution is 2.48. The van der Waals surface area contributed by atoms with E-state index >= 15 is 0 Å². The predicted molar refractivity (Wildman–Crippen MR) is 186 cm³/mol. The standard InChI is InChI=1S/C34H45FN4O5P2/c1-36-17-9-14-28(37-2)32(40)39-29(33(41)43-4)19-24-12-8-13-25(18-24)26-15-16-31(44-22-23-10-6-5-7-11-23)27(20-26)21-30(38-3)34(42)46(35)45/h5-8,10-13,15-16,18,20,28-30,36-38H,9,14,17,19,21-22,45H2,1-4H3,(H,39,40)/t28-,29-,30-,46?/m0/s1. The number of likely N-dealkylation sites (N-methyl/N-ethyl adjacent to an activating group) is 2. The minimum Gasteiger partial charge on any atom is -0.489 e. The minimum absolute atomic E-state index is 0.231. The third-order valence-corrected chi connectivity index (χ3v) is 9.16. The number of hydrogen-bond acceptors (Lipinski definition) is 8. The molecule has 0 aliphatic heterocycles. The van der Waals surface area contributed by atoms with Gasteiger partial charge in [0, 0.05) is 6.42 Å². The Morgan fingerprint density at radius 1 is 0.848 bits per heavy atom. The van der Waals surface area contributed by atoms with Crippen LogP contribution in [0.25, 0.3) is 11.1 Å². The lowest BCUT2D eigenvalue weighted by atomic mass is 9.96. The van der Waals surface area contributed by atoms with Crippen LogP contribution in [0.5, 0.6) is 5.75 Å². The maximum atomic E-state index is 14.0. The number of methoxy groups -OCH3 is 1. The molecule has 0 spiro atoms. The Morgan fingerprint density at radius 3 is 2.20 bits per heavy atom. The Balaban J connectivity index is 1.88. The van der Waals surface area contributed by atoms with Gasteiger partial charge in [0.05, 0.1) is 19.2 Å². The molecular weight excluding hydrogens is 625 g/mol. The van der Waals surface area contributed by atoms with E-state index in [1.165, 1.54) is 7.11 Å². The Morgan fingerprint density at radius 2 is 1.54 bits per heavy atom. The normalized spacial score (nSPS) is 13.7. The molecule has 0 fully saturated rings. The quantitative estimate of drug-likeness (QED) is 0.0836. The average Bonchev–Trinajstić information content (AvgIpc) is 3.07. The number of ether oxygens (including phenoxy) is 2. The highest BCUT2D eigenvalue weighted by atomic mass is 32.0. The largest absolute Gasteiger partial charge is 0.489 e. The summed E-state index contributed by atoms with van der Waals surface area (Å²) in [6.45, 7) is 1.12. The van der Waals surface area contributed by atoms with Crippen LogP contribution in [0.4, 0.5) is 4.20 Å². The Hall–Kier alpha value is -3.26. The van der Waals surface area contributed by atoms with Gasteiger partial charge >= 0.3 is 5.97 Å². The van der Waals surface area contributed by atoms with Crippen LogP contribution in [-0.4, -0.2) is 70.3 Å². The maximum Gasteiger partial charge on any atom is 0.328 e. The second kappa shape index (κ2) is 19.4. The summed E-state index contributed by atoms with van der Waals surface area (Å²) in [6, 6.07) is 21.1. The monoisotopic (exact) mass is 670 g/mol. The van der Waals surface area contributed by atoms with Crippen molar-refractivity contribution in [1.82, 2.24) is 21.3 Å². The number of hydrogen-bond donors (Lipinski definition) is 4. The molecule has 0 aliphatic carbocycles. The van der Waals surface area contributed by atoms with Crippen molar-refractivity contribution in [1.29, 1.82) is 0 Å². The highest BCUT2D eigenvalue weighted by molar-refractivity contribution is 8.19. The molecule has 4 N–H and O–H groups in total. The molecule has 0 radical (unpaired) electrons. The van der Waals surface area contributed by atoms with Gasteiger partial charge in [0.1, 0.15) is 18.4 Å². The second-order valence-electron chi connectivity index (χ2n) is 10.9. The first-order valence-electron chi connectivity index (χ1n) is 15.2. The smallest absolute Gasteiger partial charge is 0.328 e. The number of carbonyl (C=O) groups excluding carboxylic acids is 3. The number of nitrogens with one attached hydrogen (secondary N) is 4. The Bertz CT molecular complexity index is 1430. The van der Waals surface area contributed by atoms with Crippen molar-refractivity contribution < 1.29 is 28.1 Å². The lowest BCUT2D eigenvalue weighted by molar-refractivity contribution is -0.145. The first-order chi connectivity index (χ1) is 22.2. The zero-order valence-corrected chi connectivity index (χ0v) is 28.9. The molecule has 0 heterocycles. The van der Waals surface area contributed by atoms with Gasteiger partial charge in [0.25, 0.3) is 0 Å². The SMILES string of the molecule is CNCCC[C@H](NC)C(=O)N[C@@H](Cc1cccc(-c2ccc(OCc3ccccc3)c(C[C@H](NC)C(=O)P(F)P)c2)c1)C(=O)OC. The minimum atomic E-state index is -2.34. The van der Waals surface area contributed by atoms with Gasteiger partial charge in [-0.3, -0.25) is 9.59 Å². The number of esters is 1. The van der Waals surface area contributed by atoms with E-state index in [1.807, 2.05) is 88.8 Å². The molecule has 9 nitrogen and oxygen atoms in total. The summed E-state index contributed by atoms with van der Waals surface area (Å²) in [6.07, 6.45) is 1.88. The summed E-state index contributed by atoms with van der Waals surface area (Å²) in [5.74, 6) is -0.196. The highest BCUT2D eigenvalue weighted by Gasteiger charge is 2.27. The van der Waals surface area contributed by atoms with Crippen molar-refractivity contribution in [3.63, 3.8) is 0 Å². The topological polar surface area (TPSA) is 118 Å². The van der Waals surface area contributed by atoms with Crippen LogP contribution in [0.3, 0.4) is 0 Å². The first-order valence-corrected chi connectivity index (χ1v) is 18.1. The molecule has 0 aliphatic rings. The van der Waals surface area contributed by atoms with E-state index in [4.69, 9.17) is 9.47 Å². The molecule has 12 heteroatoms. The van der Waals surface area contributed by atoms with Gasteiger partial charge in [-0.05, 0) is 86.9 Å². The molecule has 0 saturated heterocycles. The second-order valence-corrected chi connectivity index (χ2v) is 13.3. The van der Waals surface area contributed by atoms with Crippen LogP contribution in [-0.2, 0) is 38.6 Å². The van der Waals surface area contributed by atoms with Crippen LogP contribution in [0, 0.1) is 0 Å². The van der Waals surface area contributed by atoms with Crippen LogP contribution in [0.1, 0.15) is 29.5 Å². The van der Waals surface area contributed by atoms with E-state index in [0.717, 1.165) is 40.8 Å². The number of amides is 1. The van der Waals surface area contributed by atoms with Crippen LogP contribution < -0.4 is 26.0 Å². The number of halogens is 1. The molecule has 1 amide bonds. The molecule has 5 atom stereocenters. The van der Waals surface area contributed by atoms with Gasteiger partial charge in [0.2, 0.25) is 11.4 Å². The first kappa shape index (κ1) is 37.2. The van der Waals surface area contributed by atoms with Crippen molar-refractivity contribution in [2.24, 2.45) is 0 Å². The van der Waals surface area contributed by atoms with E-state index in [0.29, 0.717) is 18.8 Å². The lowest BCUT2D eigenvalue weighted by Crippen LogP contribution is -2.50. The van der Waals surface area contributed by atoms with Gasteiger partial charge in [-0.2, -0.15) is 0 Å². The zero-order chi connectivity index (χ0) is 33.5. The van der Waals surface area contributed by atoms with Crippen LogP contribution >= 0.6 is 16.8 Å². The van der Waals surface area contributed by atoms with Crippen LogP contribution in [0.15, 0.2) is 72.8 Å². The molecule has 3 rings (SSSR count). The zero-order valence-electron chi connectivity index (χ0n) is 26.8. The number of rotatable bonds is 19. The van der Waals surface area contributed by atoms with E-state index < -0.39 is 37.5 Å². The average molecular weight is 671 g/mol. The fourth-order valence-corrected chi connectivity index (χ4v) is 6.15. The lowest BCUT2D eigenvalue weighted by Gasteiger charge is -2.21. The number of carbonyl (C=O) groups is 3. The Kier molecular flexibility index (Phi) is 15.7. The van der Waals surface area contributed by atoms with E-state index in [1.54, 1.807) is 14.1 Å². The van der Waals surface area contributed by atoms with Crippen molar-refractivity contribution in [2.75, 3.05) is 34.8 Å². The molecule has 0 aromatic heterocycles. The summed E-state index contributed by atoms with van der Waals surface area (Å²) >= 11 is 0. The predicted octanol–water partition coefficient (Wildman–Crippen LogP) is 4.53. The van der Waals surface area contributed by atoms with Crippen molar-refractivity contribution in [3.05, 3.63) is 89.5 Å². The van der Waals surface area contributed by atoms with Crippen molar-refractivity contribution in [3.8, 4) is 16.9 Å². The molecule has 248 valence electrons. The third kappa shape index (κ3) is 11.2. The van der Waals surface area contributed by atoms with Gasteiger partial charge in [-0.25, -0.2) is 8.99 Å². The number of benzene rings is 3. The van der Waals surface area contributed by atoms with Crippen molar-refractivity contribution in [2.45, 2.75) is 50.4 Å². The maximum absolute atomic E-state index is 14.0. The molecule has 3 aromatic carbocycles. The van der Waals surface area contributed by atoms with Gasteiger partial charge in [0.15, 0.2) is 7.92 Å². The fourth-order valence-electron chi connectivity index (χ4n) is 5.09. The van der Waals surface area contributed by atoms with E-state index in [2.05, 4.69) is 21.3 Å². The fraction of sp³-hybridized carbons (Fsp3) is 0.382. The third-order valence-electron chi connectivity index (χ3n) is 7.67. The molecule has 2 unspecified atom stereocenters. The van der Waals surface area contributed by atoms with Gasteiger partial charge < -0.3 is 30.7 Å². The molecule has 0 saturated carbocycles. The van der Waals surface area contributed by atoms with Crippen LogP contribution in [0.2, 0.25) is 0 Å².